The Morgan fingerprint density at radius 1 is 1.33 bits per heavy atom. The minimum absolute atomic E-state index is 0.0282. The maximum absolute atomic E-state index is 10.3. The molecule has 0 saturated heterocycles. The van der Waals surface area contributed by atoms with Crippen LogP contribution in [0.3, 0.4) is 0 Å². The molecule has 2 heterocycles. The maximum atomic E-state index is 10.3. The molecule has 0 aliphatic carbocycles. The fraction of sp³-hybridized carbons (Fsp3) is 0.217. The van der Waals surface area contributed by atoms with Crippen molar-refractivity contribution in [2.75, 3.05) is 13.7 Å². The SMILES string of the molecule is COc1cc(Cl)cc(C=Nc2sc3c(c2C#N)CCN(Cc2ccccc2)C3)c1O. The van der Waals surface area contributed by atoms with Crippen LogP contribution in [0.4, 0.5) is 5.00 Å². The summed E-state index contributed by atoms with van der Waals surface area (Å²) in [5.41, 5.74) is 3.44. The van der Waals surface area contributed by atoms with Crippen molar-refractivity contribution in [1.82, 2.24) is 4.90 Å². The highest BCUT2D eigenvalue weighted by atomic mass is 35.5. The molecule has 1 N–H and O–H groups in total. The molecule has 0 spiro atoms. The molecule has 0 saturated carbocycles. The highest BCUT2D eigenvalue weighted by molar-refractivity contribution is 7.16. The Balaban J connectivity index is 1.59. The summed E-state index contributed by atoms with van der Waals surface area (Å²) in [5.74, 6) is 0.256. The molecule has 1 aliphatic rings. The number of aromatic hydroxyl groups is 1. The summed E-state index contributed by atoms with van der Waals surface area (Å²) in [6.07, 6.45) is 2.36. The van der Waals surface area contributed by atoms with E-state index in [1.54, 1.807) is 12.1 Å². The molecule has 4 rings (SSSR count). The first-order chi connectivity index (χ1) is 14.6. The maximum Gasteiger partial charge on any atom is 0.166 e. The van der Waals surface area contributed by atoms with Gasteiger partial charge in [-0.3, -0.25) is 4.90 Å². The van der Waals surface area contributed by atoms with Crippen LogP contribution >= 0.6 is 22.9 Å². The second-order valence-electron chi connectivity index (χ2n) is 7.05. The van der Waals surface area contributed by atoms with E-state index in [1.165, 1.54) is 35.1 Å². The Morgan fingerprint density at radius 2 is 2.13 bits per heavy atom. The van der Waals surface area contributed by atoms with Crippen molar-refractivity contribution in [2.45, 2.75) is 19.5 Å². The lowest BCUT2D eigenvalue weighted by Gasteiger charge is -2.26. The van der Waals surface area contributed by atoms with E-state index in [0.29, 0.717) is 21.2 Å². The first-order valence-corrected chi connectivity index (χ1v) is 10.7. The molecule has 0 fully saturated rings. The highest BCUT2D eigenvalue weighted by Crippen LogP contribution is 2.39. The first-order valence-electron chi connectivity index (χ1n) is 9.50. The van der Waals surface area contributed by atoms with Crippen molar-refractivity contribution in [1.29, 1.82) is 5.26 Å². The van der Waals surface area contributed by atoms with Gasteiger partial charge < -0.3 is 9.84 Å². The summed E-state index contributed by atoms with van der Waals surface area (Å²) in [6.45, 7) is 2.59. The monoisotopic (exact) mass is 437 g/mol. The van der Waals surface area contributed by atoms with E-state index in [-0.39, 0.29) is 11.5 Å². The molecule has 0 radical (unpaired) electrons. The number of thiophene rings is 1. The molecule has 0 amide bonds. The zero-order valence-electron chi connectivity index (χ0n) is 16.4. The first kappa shape index (κ1) is 20.4. The van der Waals surface area contributed by atoms with Crippen molar-refractivity contribution in [3.63, 3.8) is 0 Å². The van der Waals surface area contributed by atoms with Crippen molar-refractivity contribution in [2.24, 2.45) is 4.99 Å². The van der Waals surface area contributed by atoms with Crippen molar-refractivity contribution in [3.8, 4) is 17.6 Å². The van der Waals surface area contributed by atoms with Crippen LogP contribution in [0.25, 0.3) is 0 Å². The molecule has 0 bridgehead atoms. The van der Waals surface area contributed by atoms with Crippen molar-refractivity contribution in [3.05, 3.63) is 74.6 Å². The summed E-state index contributed by atoms with van der Waals surface area (Å²) in [5, 5.41) is 21.1. The number of aliphatic imine (C=N–C) groups is 1. The fourth-order valence-electron chi connectivity index (χ4n) is 3.60. The van der Waals surface area contributed by atoms with E-state index in [0.717, 1.165) is 31.6 Å². The number of nitriles is 1. The highest BCUT2D eigenvalue weighted by Gasteiger charge is 2.24. The number of methoxy groups -OCH3 is 1. The number of phenolic OH excluding ortho intramolecular Hbond substituents is 1. The van der Waals surface area contributed by atoms with Gasteiger partial charge in [0.25, 0.3) is 0 Å². The van der Waals surface area contributed by atoms with Gasteiger partial charge in [0.2, 0.25) is 0 Å². The Kier molecular flexibility index (Phi) is 6.05. The zero-order valence-corrected chi connectivity index (χ0v) is 18.0. The lowest BCUT2D eigenvalue weighted by molar-refractivity contribution is 0.249. The summed E-state index contributed by atoms with van der Waals surface area (Å²) >= 11 is 7.63. The van der Waals surface area contributed by atoms with Gasteiger partial charge in [-0.25, -0.2) is 4.99 Å². The average Bonchev–Trinajstić information content (AvgIpc) is 3.11. The van der Waals surface area contributed by atoms with E-state index < -0.39 is 0 Å². The van der Waals surface area contributed by atoms with E-state index in [2.05, 4.69) is 40.2 Å². The van der Waals surface area contributed by atoms with Gasteiger partial charge in [0, 0.05) is 47.4 Å². The van der Waals surface area contributed by atoms with Gasteiger partial charge in [0.05, 0.1) is 12.7 Å². The van der Waals surface area contributed by atoms with Crippen LogP contribution in [-0.2, 0) is 19.5 Å². The normalized spacial score (nSPS) is 13.9. The number of halogens is 1. The van der Waals surface area contributed by atoms with Gasteiger partial charge >= 0.3 is 0 Å². The van der Waals surface area contributed by atoms with E-state index in [4.69, 9.17) is 16.3 Å². The molecule has 0 unspecified atom stereocenters. The molecule has 2 aromatic carbocycles. The molecule has 152 valence electrons. The number of ether oxygens (including phenoxy) is 1. The quantitative estimate of drug-likeness (QED) is 0.550. The third-order valence-corrected chi connectivity index (χ3v) is 6.43. The third kappa shape index (κ3) is 4.19. The largest absolute Gasteiger partial charge is 0.504 e. The Morgan fingerprint density at radius 3 is 2.87 bits per heavy atom. The number of fused-ring (bicyclic) bond motifs is 1. The van der Waals surface area contributed by atoms with Crippen molar-refractivity contribution >= 4 is 34.2 Å². The Hall–Kier alpha value is -2.85. The zero-order chi connectivity index (χ0) is 21.1. The predicted octanol–water partition coefficient (Wildman–Crippen LogP) is 5.30. The summed E-state index contributed by atoms with van der Waals surface area (Å²) < 4.78 is 5.14. The van der Waals surface area contributed by atoms with Crippen LogP contribution in [-0.4, -0.2) is 29.9 Å². The van der Waals surface area contributed by atoms with E-state index in [1.807, 2.05) is 6.07 Å². The van der Waals surface area contributed by atoms with Crippen LogP contribution in [0.2, 0.25) is 5.02 Å². The number of hydrogen-bond acceptors (Lipinski definition) is 6. The van der Waals surface area contributed by atoms with E-state index >= 15 is 0 Å². The molecule has 3 aromatic rings. The average molecular weight is 438 g/mol. The molecule has 5 nitrogen and oxygen atoms in total. The second kappa shape index (κ2) is 8.88. The molecule has 0 atom stereocenters. The topological polar surface area (TPSA) is 68.8 Å². The smallest absolute Gasteiger partial charge is 0.166 e. The van der Waals surface area contributed by atoms with Crippen LogP contribution < -0.4 is 4.74 Å². The summed E-state index contributed by atoms with van der Waals surface area (Å²) in [6, 6.07) is 15.9. The number of rotatable bonds is 5. The van der Waals surface area contributed by atoms with Crippen molar-refractivity contribution < 1.29 is 9.84 Å². The van der Waals surface area contributed by atoms with Crippen LogP contribution in [0.15, 0.2) is 47.5 Å². The molecular weight excluding hydrogens is 418 g/mol. The predicted molar refractivity (Wildman–Crippen MR) is 120 cm³/mol. The van der Waals surface area contributed by atoms with Crippen LogP contribution in [0.1, 0.15) is 27.1 Å². The lowest BCUT2D eigenvalue weighted by Crippen LogP contribution is -2.29. The van der Waals surface area contributed by atoms with Gasteiger partial charge in [-0.2, -0.15) is 5.26 Å². The van der Waals surface area contributed by atoms with Gasteiger partial charge in [-0.15, -0.1) is 11.3 Å². The Bertz CT molecular complexity index is 1140. The second-order valence-corrected chi connectivity index (χ2v) is 8.57. The van der Waals surface area contributed by atoms with Gasteiger partial charge in [0.15, 0.2) is 11.5 Å². The molecule has 7 heteroatoms. The number of phenols is 1. The standard InChI is InChI=1S/C23H20ClN3O2S/c1-29-20-10-17(24)9-16(22(20)28)12-26-23-19(11-25)18-7-8-27(14-21(18)30-23)13-15-5-3-2-4-6-15/h2-6,9-10,12,28H,7-8,13-14H2,1H3. The third-order valence-electron chi connectivity index (χ3n) is 5.09. The van der Waals surface area contributed by atoms with Crippen LogP contribution in [0, 0.1) is 11.3 Å². The number of hydrogen-bond donors (Lipinski definition) is 1. The number of benzene rings is 2. The molecular formula is C23H20ClN3O2S. The minimum Gasteiger partial charge on any atom is -0.504 e. The molecule has 1 aromatic heterocycles. The molecule has 30 heavy (non-hydrogen) atoms. The number of nitrogens with zero attached hydrogens (tertiary/aromatic N) is 3. The van der Waals surface area contributed by atoms with Gasteiger partial charge in [0.1, 0.15) is 11.1 Å². The summed E-state index contributed by atoms with van der Waals surface area (Å²) in [7, 11) is 1.47. The summed E-state index contributed by atoms with van der Waals surface area (Å²) in [4.78, 5) is 8.08. The van der Waals surface area contributed by atoms with E-state index in [9.17, 15) is 10.4 Å². The lowest BCUT2D eigenvalue weighted by atomic mass is 10.0. The molecule has 1 aliphatic heterocycles. The van der Waals surface area contributed by atoms with Crippen LogP contribution in [0.5, 0.6) is 11.5 Å². The minimum atomic E-state index is -0.0282. The Labute approximate surface area is 184 Å². The van der Waals surface area contributed by atoms with Gasteiger partial charge in [-0.1, -0.05) is 41.9 Å². The van der Waals surface area contributed by atoms with Gasteiger partial charge in [-0.05, 0) is 23.6 Å². The fourth-order valence-corrected chi connectivity index (χ4v) is 5.00.